The molecule has 47 valence electrons. The second-order valence-corrected chi connectivity index (χ2v) is 1.88. The number of nitrogen functional groups attached to an aromatic ring is 1. The van der Waals surface area contributed by atoms with Gasteiger partial charge in [0.2, 0.25) is 0 Å². The second-order valence-electron chi connectivity index (χ2n) is 1.88. The van der Waals surface area contributed by atoms with Crippen LogP contribution >= 0.6 is 0 Å². The molecule has 0 amide bonds. The van der Waals surface area contributed by atoms with Crippen molar-refractivity contribution in [2.24, 2.45) is 0 Å². The Hall–Kier alpha value is -1.05. The van der Waals surface area contributed by atoms with E-state index in [1.807, 2.05) is 6.07 Å². The van der Waals surface area contributed by atoms with E-state index >= 15 is 0 Å². The number of pyridine rings is 1. The molecule has 1 rings (SSSR count). The van der Waals surface area contributed by atoms with Crippen molar-refractivity contribution in [2.45, 2.75) is 6.42 Å². The Balaban J connectivity index is 2.94. The van der Waals surface area contributed by atoms with Crippen LogP contribution in [-0.2, 0) is 6.42 Å². The van der Waals surface area contributed by atoms with Crippen LogP contribution < -0.4 is 5.73 Å². The van der Waals surface area contributed by atoms with E-state index in [4.69, 9.17) is 5.73 Å². The van der Waals surface area contributed by atoms with Crippen molar-refractivity contribution >= 4 is 5.69 Å². The fraction of sp³-hybridized carbons (Fsp3) is 0.143. The molecule has 0 saturated carbocycles. The van der Waals surface area contributed by atoms with Gasteiger partial charge in [-0.25, -0.2) is 0 Å². The molecule has 0 fully saturated rings. The smallest absolute Gasteiger partial charge is 0.0503 e. The highest BCUT2D eigenvalue weighted by molar-refractivity contribution is 5.37. The molecule has 0 unspecified atom stereocenters. The molecule has 0 aliphatic rings. The largest absolute Gasteiger partial charge is 0.397 e. The molecule has 0 aliphatic heterocycles. The highest BCUT2D eigenvalue weighted by Crippen LogP contribution is 2.02. The van der Waals surface area contributed by atoms with Crippen LogP contribution in [0.15, 0.2) is 18.5 Å². The molecule has 0 spiro atoms. The topological polar surface area (TPSA) is 38.9 Å². The number of nitrogens with two attached hydrogens (primary N) is 1. The summed E-state index contributed by atoms with van der Waals surface area (Å²) in [6.45, 7) is 3.70. The van der Waals surface area contributed by atoms with Gasteiger partial charge >= 0.3 is 0 Å². The van der Waals surface area contributed by atoms with Crippen molar-refractivity contribution in [3.05, 3.63) is 30.9 Å². The van der Waals surface area contributed by atoms with Crippen molar-refractivity contribution < 1.29 is 0 Å². The minimum absolute atomic E-state index is 0.705. The molecule has 1 radical (unpaired) electrons. The summed E-state index contributed by atoms with van der Waals surface area (Å²) in [7, 11) is 0. The number of rotatable bonds is 1. The van der Waals surface area contributed by atoms with E-state index in [2.05, 4.69) is 11.9 Å². The Bertz CT molecular complexity index is 196. The summed E-state index contributed by atoms with van der Waals surface area (Å²) in [5.41, 5.74) is 7.23. The molecule has 0 aliphatic carbocycles. The van der Waals surface area contributed by atoms with Crippen LogP contribution in [0.3, 0.4) is 0 Å². The summed E-state index contributed by atoms with van der Waals surface area (Å²) in [5.74, 6) is 0. The summed E-state index contributed by atoms with van der Waals surface area (Å²) in [4.78, 5) is 3.89. The lowest BCUT2D eigenvalue weighted by atomic mass is 10.2. The highest BCUT2D eigenvalue weighted by atomic mass is 14.7. The highest BCUT2D eigenvalue weighted by Gasteiger charge is 1.87. The van der Waals surface area contributed by atoms with Gasteiger partial charge in [-0.15, -0.1) is 0 Å². The first-order valence-corrected chi connectivity index (χ1v) is 2.81. The van der Waals surface area contributed by atoms with Crippen LogP contribution in [0.1, 0.15) is 5.56 Å². The first-order chi connectivity index (χ1) is 4.33. The van der Waals surface area contributed by atoms with E-state index in [1.165, 1.54) is 0 Å². The third kappa shape index (κ3) is 1.42. The van der Waals surface area contributed by atoms with E-state index < -0.39 is 0 Å². The second kappa shape index (κ2) is 2.49. The first kappa shape index (κ1) is 6.08. The van der Waals surface area contributed by atoms with Gasteiger partial charge in [-0.2, -0.15) is 0 Å². The summed E-state index contributed by atoms with van der Waals surface area (Å²) in [5, 5.41) is 0. The Morgan fingerprint density at radius 2 is 2.33 bits per heavy atom. The van der Waals surface area contributed by atoms with Crippen LogP contribution in [0.2, 0.25) is 0 Å². The van der Waals surface area contributed by atoms with Crippen LogP contribution in [0, 0.1) is 6.92 Å². The normalized spacial score (nSPS) is 9.44. The van der Waals surface area contributed by atoms with Crippen LogP contribution in [0.5, 0.6) is 0 Å². The first-order valence-electron chi connectivity index (χ1n) is 2.81. The Labute approximate surface area is 54.7 Å². The van der Waals surface area contributed by atoms with E-state index in [0.29, 0.717) is 5.69 Å². The fourth-order valence-electron chi connectivity index (χ4n) is 0.644. The predicted octanol–water partition coefficient (Wildman–Crippen LogP) is 1.04. The number of aromatic nitrogens is 1. The molecular formula is C7H9N2. The number of anilines is 1. The van der Waals surface area contributed by atoms with Gasteiger partial charge < -0.3 is 5.73 Å². The molecule has 0 bridgehead atoms. The molecule has 0 atom stereocenters. The zero-order chi connectivity index (χ0) is 6.69. The van der Waals surface area contributed by atoms with Crippen molar-refractivity contribution in [1.82, 2.24) is 4.98 Å². The van der Waals surface area contributed by atoms with E-state index in [-0.39, 0.29) is 0 Å². The molecular weight excluding hydrogens is 112 g/mol. The predicted molar refractivity (Wildman–Crippen MR) is 37.7 cm³/mol. The molecule has 0 saturated heterocycles. The van der Waals surface area contributed by atoms with Gasteiger partial charge in [-0.3, -0.25) is 4.98 Å². The van der Waals surface area contributed by atoms with E-state index in [1.54, 1.807) is 12.4 Å². The van der Waals surface area contributed by atoms with Crippen LogP contribution in [-0.4, -0.2) is 4.98 Å². The molecule has 2 nitrogen and oxygen atoms in total. The Morgan fingerprint density at radius 1 is 1.56 bits per heavy atom. The maximum atomic E-state index is 5.44. The van der Waals surface area contributed by atoms with Crippen LogP contribution in [0.4, 0.5) is 5.69 Å². The lowest BCUT2D eigenvalue weighted by molar-refractivity contribution is 1.19. The summed E-state index contributed by atoms with van der Waals surface area (Å²) >= 11 is 0. The van der Waals surface area contributed by atoms with Gasteiger partial charge in [0.1, 0.15) is 0 Å². The summed E-state index contributed by atoms with van der Waals surface area (Å²) in [6.07, 6.45) is 4.14. The molecule has 1 heterocycles. The summed E-state index contributed by atoms with van der Waals surface area (Å²) < 4.78 is 0. The van der Waals surface area contributed by atoms with Gasteiger partial charge in [0, 0.05) is 12.4 Å². The fourth-order valence-corrected chi connectivity index (χ4v) is 0.644. The molecule has 1 aromatic rings. The van der Waals surface area contributed by atoms with Crippen molar-refractivity contribution in [3.63, 3.8) is 0 Å². The van der Waals surface area contributed by atoms with Crippen molar-refractivity contribution in [3.8, 4) is 0 Å². The SMILES string of the molecule is [CH2]Cc1cncc(N)c1. The zero-order valence-electron chi connectivity index (χ0n) is 5.17. The van der Waals surface area contributed by atoms with Gasteiger partial charge in [0.25, 0.3) is 0 Å². The van der Waals surface area contributed by atoms with E-state index in [9.17, 15) is 0 Å². The molecule has 2 heteroatoms. The van der Waals surface area contributed by atoms with Gasteiger partial charge in [-0.1, -0.05) is 0 Å². The molecule has 2 N–H and O–H groups in total. The maximum absolute atomic E-state index is 5.44. The van der Waals surface area contributed by atoms with Gasteiger partial charge in [0.05, 0.1) is 5.69 Å². The lowest BCUT2D eigenvalue weighted by Gasteiger charge is -1.94. The minimum atomic E-state index is 0.705. The molecule has 0 aromatic carbocycles. The average molecular weight is 121 g/mol. The molecule has 1 aromatic heterocycles. The zero-order valence-corrected chi connectivity index (χ0v) is 5.17. The number of hydrogen-bond acceptors (Lipinski definition) is 2. The van der Waals surface area contributed by atoms with Gasteiger partial charge in [0.15, 0.2) is 0 Å². The average Bonchev–Trinajstić information content (AvgIpc) is 1.88. The van der Waals surface area contributed by atoms with Crippen molar-refractivity contribution in [2.75, 3.05) is 5.73 Å². The Morgan fingerprint density at radius 3 is 2.78 bits per heavy atom. The monoisotopic (exact) mass is 121 g/mol. The summed E-state index contributed by atoms with van der Waals surface area (Å²) in [6, 6.07) is 1.88. The Kier molecular flexibility index (Phi) is 1.68. The standard InChI is InChI=1S/C7H9N2/c1-2-6-3-7(8)5-9-4-6/h3-5H,1-2,8H2. The van der Waals surface area contributed by atoms with E-state index in [0.717, 1.165) is 12.0 Å². The minimum Gasteiger partial charge on any atom is -0.397 e. The van der Waals surface area contributed by atoms with Gasteiger partial charge in [-0.05, 0) is 25.0 Å². The maximum Gasteiger partial charge on any atom is 0.0503 e. The quantitative estimate of drug-likeness (QED) is 0.603. The number of hydrogen-bond donors (Lipinski definition) is 1. The number of nitrogens with zero attached hydrogens (tertiary/aromatic N) is 1. The third-order valence-corrected chi connectivity index (χ3v) is 1.10. The van der Waals surface area contributed by atoms with Crippen LogP contribution in [0.25, 0.3) is 0 Å². The van der Waals surface area contributed by atoms with Crippen molar-refractivity contribution in [1.29, 1.82) is 0 Å². The molecule has 9 heavy (non-hydrogen) atoms. The lowest BCUT2D eigenvalue weighted by Crippen LogP contribution is -1.88. The third-order valence-electron chi connectivity index (χ3n) is 1.10.